The summed E-state index contributed by atoms with van der Waals surface area (Å²) in [5, 5.41) is 3.55. The van der Waals surface area contributed by atoms with Crippen LogP contribution < -0.4 is 5.32 Å². The minimum absolute atomic E-state index is 0.365. The highest BCUT2D eigenvalue weighted by Gasteiger charge is 2.04. The molecule has 0 saturated heterocycles. The first-order valence-electron chi connectivity index (χ1n) is 6.19. The molecular formula is C16H18BrN. The molecule has 0 unspecified atom stereocenters. The molecule has 0 bridgehead atoms. The predicted molar refractivity (Wildman–Crippen MR) is 80.6 cm³/mol. The van der Waals surface area contributed by atoms with E-state index < -0.39 is 0 Å². The first-order valence-corrected chi connectivity index (χ1v) is 6.99. The number of rotatable bonds is 4. The topological polar surface area (TPSA) is 12.0 Å². The van der Waals surface area contributed by atoms with Gasteiger partial charge in [-0.3, -0.25) is 0 Å². The van der Waals surface area contributed by atoms with Gasteiger partial charge in [-0.25, -0.2) is 0 Å². The zero-order chi connectivity index (χ0) is 13.0. The molecule has 2 aromatic carbocycles. The van der Waals surface area contributed by atoms with E-state index in [4.69, 9.17) is 0 Å². The second-order valence-corrected chi connectivity index (χ2v) is 5.56. The lowest BCUT2D eigenvalue weighted by Crippen LogP contribution is -2.18. The largest absolute Gasteiger partial charge is 0.306 e. The van der Waals surface area contributed by atoms with Crippen molar-refractivity contribution in [3.05, 3.63) is 69.7 Å². The van der Waals surface area contributed by atoms with E-state index in [1.54, 1.807) is 0 Å². The summed E-state index contributed by atoms with van der Waals surface area (Å²) in [5.41, 5.74) is 3.94. The van der Waals surface area contributed by atoms with E-state index in [9.17, 15) is 0 Å². The summed E-state index contributed by atoms with van der Waals surface area (Å²) < 4.78 is 1.13. The van der Waals surface area contributed by atoms with Crippen LogP contribution in [0.2, 0.25) is 0 Å². The van der Waals surface area contributed by atoms with Gasteiger partial charge in [0.2, 0.25) is 0 Å². The van der Waals surface area contributed by atoms with Crippen molar-refractivity contribution in [2.45, 2.75) is 26.4 Å². The Morgan fingerprint density at radius 1 is 1.11 bits per heavy atom. The fourth-order valence-electron chi connectivity index (χ4n) is 1.98. The van der Waals surface area contributed by atoms with Crippen LogP contribution in [0.25, 0.3) is 0 Å². The van der Waals surface area contributed by atoms with E-state index >= 15 is 0 Å². The summed E-state index contributed by atoms with van der Waals surface area (Å²) in [6.45, 7) is 5.21. The summed E-state index contributed by atoms with van der Waals surface area (Å²) in [4.78, 5) is 0. The maximum absolute atomic E-state index is 3.55. The molecule has 0 spiro atoms. The molecule has 0 radical (unpaired) electrons. The van der Waals surface area contributed by atoms with E-state index in [1.807, 2.05) is 6.07 Å². The third-order valence-corrected chi connectivity index (χ3v) is 3.54. The molecule has 2 rings (SSSR count). The van der Waals surface area contributed by atoms with Gasteiger partial charge in [0.1, 0.15) is 0 Å². The van der Waals surface area contributed by atoms with Gasteiger partial charge in [-0.15, -0.1) is 0 Å². The summed E-state index contributed by atoms with van der Waals surface area (Å²) >= 11 is 3.50. The number of aryl methyl sites for hydroxylation is 1. The molecule has 0 fully saturated rings. The van der Waals surface area contributed by atoms with E-state index in [0.29, 0.717) is 6.04 Å². The van der Waals surface area contributed by atoms with Gasteiger partial charge in [0.25, 0.3) is 0 Å². The molecule has 0 aliphatic heterocycles. The molecule has 0 amide bonds. The van der Waals surface area contributed by atoms with Crippen LogP contribution in [-0.4, -0.2) is 0 Å². The van der Waals surface area contributed by atoms with Gasteiger partial charge < -0.3 is 5.32 Å². The zero-order valence-corrected chi connectivity index (χ0v) is 12.4. The highest BCUT2D eigenvalue weighted by Crippen LogP contribution is 2.16. The van der Waals surface area contributed by atoms with Crippen molar-refractivity contribution < 1.29 is 0 Å². The van der Waals surface area contributed by atoms with Crippen molar-refractivity contribution in [1.29, 1.82) is 0 Å². The van der Waals surface area contributed by atoms with Crippen molar-refractivity contribution in [1.82, 2.24) is 5.32 Å². The van der Waals surface area contributed by atoms with Crippen molar-refractivity contribution in [3.63, 3.8) is 0 Å². The number of hydrogen-bond donors (Lipinski definition) is 1. The summed E-state index contributed by atoms with van der Waals surface area (Å²) in [7, 11) is 0. The van der Waals surface area contributed by atoms with E-state index in [2.05, 4.69) is 77.6 Å². The molecular weight excluding hydrogens is 286 g/mol. The van der Waals surface area contributed by atoms with Gasteiger partial charge in [-0.1, -0.05) is 57.9 Å². The predicted octanol–water partition coefficient (Wildman–Crippen LogP) is 4.61. The van der Waals surface area contributed by atoms with Gasteiger partial charge in [0, 0.05) is 17.1 Å². The SMILES string of the molecule is Cc1cccc([C@@H](C)NCc2cccc(Br)c2)c1. The van der Waals surface area contributed by atoms with Crippen LogP contribution in [0.3, 0.4) is 0 Å². The minimum Gasteiger partial charge on any atom is -0.306 e. The Morgan fingerprint density at radius 2 is 1.89 bits per heavy atom. The molecule has 2 aromatic rings. The maximum Gasteiger partial charge on any atom is 0.0295 e. The van der Waals surface area contributed by atoms with Crippen LogP contribution >= 0.6 is 15.9 Å². The maximum atomic E-state index is 3.55. The first kappa shape index (κ1) is 13.3. The fraction of sp³-hybridized carbons (Fsp3) is 0.250. The molecule has 1 N–H and O–H groups in total. The molecule has 0 aliphatic carbocycles. The van der Waals surface area contributed by atoms with Gasteiger partial charge >= 0.3 is 0 Å². The second-order valence-electron chi connectivity index (χ2n) is 4.65. The highest BCUT2D eigenvalue weighted by atomic mass is 79.9. The lowest BCUT2D eigenvalue weighted by molar-refractivity contribution is 0.574. The Hall–Kier alpha value is -1.12. The van der Waals surface area contributed by atoms with Crippen LogP contribution in [0, 0.1) is 6.92 Å². The molecule has 0 heterocycles. The van der Waals surface area contributed by atoms with Crippen LogP contribution in [0.5, 0.6) is 0 Å². The second kappa shape index (κ2) is 6.17. The van der Waals surface area contributed by atoms with Gasteiger partial charge in [0.15, 0.2) is 0 Å². The van der Waals surface area contributed by atoms with Gasteiger partial charge in [-0.2, -0.15) is 0 Å². The third-order valence-electron chi connectivity index (χ3n) is 3.04. The van der Waals surface area contributed by atoms with Crippen LogP contribution in [0.15, 0.2) is 53.0 Å². The minimum atomic E-state index is 0.365. The standard InChI is InChI=1S/C16H18BrN/c1-12-5-3-7-15(9-12)13(2)18-11-14-6-4-8-16(17)10-14/h3-10,13,18H,11H2,1-2H3/t13-/m1/s1. The Labute approximate surface area is 117 Å². The van der Waals surface area contributed by atoms with E-state index in [1.165, 1.54) is 16.7 Å². The lowest BCUT2D eigenvalue weighted by atomic mass is 10.1. The van der Waals surface area contributed by atoms with Crippen LogP contribution in [0.4, 0.5) is 0 Å². The summed E-state index contributed by atoms with van der Waals surface area (Å²) in [6, 6.07) is 17.4. The molecule has 0 saturated carbocycles. The Kier molecular flexibility index (Phi) is 4.56. The van der Waals surface area contributed by atoms with Crippen molar-refractivity contribution >= 4 is 15.9 Å². The molecule has 1 atom stereocenters. The van der Waals surface area contributed by atoms with Crippen molar-refractivity contribution in [2.24, 2.45) is 0 Å². The third kappa shape index (κ3) is 3.69. The van der Waals surface area contributed by atoms with E-state index in [0.717, 1.165) is 11.0 Å². The monoisotopic (exact) mass is 303 g/mol. The Bertz CT molecular complexity index is 522. The number of halogens is 1. The van der Waals surface area contributed by atoms with Crippen molar-refractivity contribution in [2.75, 3.05) is 0 Å². The Morgan fingerprint density at radius 3 is 2.61 bits per heavy atom. The van der Waals surface area contributed by atoms with Crippen molar-refractivity contribution in [3.8, 4) is 0 Å². The first-order chi connectivity index (χ1) is 8.65. The molecule has 18 heavy (non-hydrogen) atoms. The zero-order valence-electron chi connectivity index (χ0n) is 10.8. The summed E-state index contributed by atoms with van der Waals surface area (Å²) in [5.74, 6) is 0. The molecule has 0 aliphatic rings. The molecule has 2 heteroatoms. The quantitative estimate of drug-likeness (QED) is 0.870. The van der Waals surface area contributed by atoms with Gasteiger partial charge in [0.05, 0.1) is 0 Å². The number of benzene rings is 2. The molecule has 94 valence electrons. The smallest absolute Gasteiger partial charge is 0.0295 e. The normalized spacial score (nSPS) is 12.4. The number of hydrogen-bond acceptors (Lipinski definition) is 1. The average molecular weight is 304 g/mol. The summed E-state index contributed by atoms with van der Waals surface area (Å²) in [6.07, 6.45) is 0. The number of nitrogens with one attached hydrogen (secondary N) is 1. The molecule has 1 nitrogen and oxygen atoms in total. The average Bonchev–Trinajstić information content (AvgIpc) is 2.36. The van der Waals surface area contributed by atoms with Crippen LogP contribution in [-0.2, 0) is 6.54 Å². The van der Waals surface area contributed by atoms with Gasteiger partial charge in [-0.05, 0) is 37.1 Å². The van der Waals surface area contributed by atoms with Crippen LogP contribution in [0.1, 0.15) is 29.7 Å². The van der Waals surface area contributed by atoms with E-state index in [-0.39, 0.29) is 0 Å². The fourth-order valence-corrected chi connectivity index (χ4v) is 2.42. The lowest BCUT2D eigenvalue weighted by Gasteiger charge is -2.15. The molecule has 0 aromatic heterocycles. The Balaban J connectivity index is 1.98. The highest BCUT2D eigenvalue weighted by molar-refractivity contribution is 9.10.